The summed E-state index contributed by atoms with van der Waals surface area (Å²) in [6.45, 7) is 8.69. The third kappa shape index (κ3) is 5.21. The molecule has 8 aromatic carbocycles. The Bertz CT molecular complexity index is 2350. The van der Waals surface area contributed by atoms with Crippen molar-refractivity contribution in [1.82, 2.24) is 0 Å². The number of benzene rings is 8. The molecule has 0 radical (unpaired) electrons. The second-order valence-corrected chi connectivity index (χ2v) is 13.9. The maximum atomic E-state index is 2.39. The van der Waals surface area contributed by atoms with Crippen LogP contribution in [-0.4, -0.2) is 0 Å². The van der Waals surface area contributed by atoms with Gasteiger partial charge in [-0.15, -0.1) is 0 Å². The van der Waals surface area contributed by atoms with Crippen LogP contribution in [0, 0.1) is 27.7 Å². The molecule has 0 aromatic heterocycles. The molecule has 0 heterocycles. The molecule has 0 amide bonds. The van der Waals surface area contributed by atoms with Gasteiger partial charge < -0.3 is 9.80 Å². The molecule has 0 saturated heterocycles. The van der Waals surface area contributed by atoms with Gasteiger partial charge in [-0.1, -0.05) is 60.7 Å². The van der Waals surface area contributed by atoms with E-state index in [0.717, 1.165) is 22.7 Å². The van der Waals surface area contributed by atoms with E-state index in [9.17, 15) is 0 Å². The number of nitrogens with zero attached hydrogens (tertiary/aromatic N) is 2. The van der Waals surface area contributed by atoms with E-state index in [1.54, 1.807) is 0 Å². The second-order valence-electron chi connectivity index (χ2n) is 13.9. The Kier molecular flexibility index (Phi) is 7.07. The second kappa shape index (κ2) is 11.8. The Morgan fingerprint density at radius 2 is 0.600 bits per heavy atom. The van der Waals surface area contributed by atoms with Crippen LogP contribution in [0.3, 0.4) is 0 Å². The monoisotopic (exact) mass is 642 g/mol. The predicted molar refractivity (Wildman–Crippen MR) is 214 cm³/mol. The van der Waals surface area contributed by atoms with E-state index in [0.29, 0.717) is 0 Å². The Morgan fingerprint density at radius 1 is 0.260 bits per heavy atom. The lowest BCUT2D eigenvalue weighted by atomic mass is 9.78. The number of para-hydroxylation sites is 2. The SMILES string of the molecule is Cc1cc(C)cc(N(c2ccccc2)c2ccc3cc4c(cc3c2)-c2cc3ccc(N(c5ccccc5)c5cc(C)cc(C)c5)cc3cc2-4)c1. The van der Waals surface area contributed by atoms with Gasteiger partial charge in [-0.05, 0) is 191 Å². The van der Waals surface area contributed by atoms with Gasteiger partial charge in [0.2, 0.25) is 0 Å². The summed E-state index contributed by atoms with van der Waals surface area (Å²) in [4.78, 5) is 4.74. The first-order chi connectivity index (χ1) is 24.4. The van der Waals surface area contributed by atoms with Gasteiger partial charge in [0.15, 0.2) is 0 Å². The van der Waals surface area contributed by atoms with Crippen LogP contribution in [0.5, 0.6) is 0 Å². The molecule has 240 valence electrons. The molecule has 0 spiro atoms. The molecule has 2 nitrogen and oxygen atoms in total. The van der Waals surface area contributed by atoms with Gasteiger partial charge in [0.1, 0.15) is 0 Å². The summed E-state index contributed by atoms with van der Waals surface area (Å²) in [7, 11) is 0. The van der Waals surface area contributed by atoms with E-state index in [1.807, 2.05) is 0 Å². The smallest absolute Gasteiger partial charge is 0.0468 e. The van der Waals surface area contributed by atoms with Crippen molar-refractivity contribution in [2.45, 2.75) is 27.7 Å². The quantitative estimate of drug-likeness (QED) is 0.178. The average molecular weight is 643 g/mol. The van der Waals surface area contributed by atoms with Crippen molar-refractivity contribution >= 4 is 55.7 Å². The summed E-state index contributed by atoms with van der Waals surface area (Å²) in [5.74, 6) is 0. The Morgan fingerprint density at radius 3 is 0.960 bits per heavy atom. The minimum Gasteiger partial charge on any atom is -0.310 e. The van der Waals surface area contributed by atoms with Crippen molar-refractivity contribution in [2.75, 3.05) is 9.80 Å². The van der Waals surface area contributed by atoms with Crippen LogP contribution >= 0.6 is 0 Å². The first-order valence-electron chi connectivity index (χ1n) is 17.4. The summed E-state index contributed by atoms with van der Waals surface area (Å²) in [6, 6.07) is 58.2. The maximum Gasteiger partial charge on any atom is 0.0468 e. The van der Waals surface area contributed by atoms with Crippen molar-refractivity contribution in [3.05, 3.63) is 180 Å². The topological polar surface area (TPSA) is 6.48 Å². The Balaban J connectivity index is 1.12. The standard InChI is InChI=1S/C48H38N2/c1-31-19-32(2)22-43(21-31)49(39-11-7-5-8-12-39)41-17-15-35-27-45-47(29-37(35)25-41)46-28-36-16-18-42(26-38(36)30-48(45)46)50(40-13-9-6-10-14-40)44-23-33(3)20-34(4)24-44/h5-30H,1-4H3. The van der Waals surface area contributed by atoms with Crippen molar-refractivity contribution in [3.8, 4) is 22.3 Å². The molecule has 1 aliphatic rings. The van der Waals surface area contributed by atoms with Crippen LogP contribution in [-0.2, 0) is 0 Å². The number of fused-ring (bicyclic) bond motifs is 6. The van der Waals surface area contributed by atoms with Crippen molar-refractivity contribution in [2.24, 2.45) is 0 Å². The van der Waals surface area contributed by atoms with Gasteiger partial charge in [0.25, 0.3) is 0 Å². The fourth-order valence-electron chi connectivity index (χ4n) is 7.89. The highest BCUT2D eigenvalue weighted by Crippen LogP contribution is 2.51. The predicted octanol–water partition coefficient (Wildman–Crippen LogP) is 13.8. The number of hydrogen-bond acceptors (Lipinski definition) is 2. The number of aryl methyl sites for hydroxylation is 4. The zero-order valence-corrected chi connectivity index (χ0v) is 28.9. The number of rotatable bonds is 6. The first-order valence-corrected chi connectivity index (χ1v) is 17.4. The van der Waals surface area contributed by atoms with Crippen LogP contribution in [0.1, 0.15) is 22.3 Å². The molecule has 9 rings (SSSR count). The molecule has 2 heteroatoms. The zero-order chi connectivity index (χ0) is 33.9. The van der Waals surface area contributed by atoms with Gasteiger partial charge in [-0.2, -0.15) is 0 Å². The molecule has 0 aliphatic heterocycles. The maximum absolute atomic E-state index is 2.39. The lowest BCUT2D eigenvalue weighted by Crippen LogP contribution is -2.10. The fourth-order valence-corrected chi connectivity index (χ4v) is 7.89. The summed E-state index contributed by atoms with van der Waals surface area (Å²) in [5.41, 5.74) is 17.3. The van der Waals surface area contributed by atoms with Crippen LogP contribution in [0.25, 0.3) is 43.8 Å². The molecule has 0 atom stereocenters. The minimum absolute atomic E-state index is 1.15. The minimum atomic E-state index is 1.15. The molecule has 0 unspecified atom stereocenters. The molecule has 0 bridgehead atoms. The van der Waals surface area contributed by atoms with Gasteiger partial charge >= 0.3 is 0 Å². The molecule has 1 aliphatic carbocycles. The third-order valence-corrected chi connectivity index (χ3v) is 9.98. The van der Waals surface area contributed by atoms with Gasteiger partial charge in [0, 0.05) is 34.1 Å². The Labute approximate surface area is 294 Å². The molecular weight excluding hydrogens is 605 g/mol. The van der Waals surface area contributed by atoms with Crippen LogP contribution in [0.15, 0.2) is 158 Å². The number of anilines is 6. The van der Waals surface area contributed by atoms with Gasteiger partial charge in [-0.25, -0.2) is 0 Å². The molecular formula is C48H38N2. The van der Waals surface area contributed by atoms with E-state index < -0.39 is 0 Å². The largest absolute Gasteiger partial charge is 0.310 e. The van der Waals surface area contributed by atoms with E-state index in [1.165, 1.54) is 77.4 Å². The van der Waals surface area contributed by atoms with E-state index in [2.05, 4.69) is 195 Å². The molecule has 0 fully saturated rings. The summed E-state index contributed by atoms with van der Waals surface area (Å²) >= 11 is 0. The summed E-state index contributed by atoms with van der Waals surface area (Å²) < 4.78 is 0. The molecule has 0 N–H and O–H groups in total. The van der Waals surface area contributed by atoms with Crippen LogP contribution < -0.4 is 9.80 Å². The van der Waals surface area contributed by atoms with Crippen molar-refractivity contribution in [1.29, 1.82) is 0 Å². The number of hydrogen-bond donors (Lipinski definition) is 0. The summed E-state index contributed by atoms with van der Waals surface area (Å²) in [6.07, 6.45) is 0. The normalized spacial score (nSPS) is 11.6. The van der Waals surface area contributed by atoms with E-state index in [-0.39, 0.29) is 0 Å². The zero-order valence-electron chi connectivity index (χ0n) is 28.9. The highest BCUT2D eigenvalue weighted by Gasteiger charge is 2.25. The lowest BCUT2D eigenvalue weighted by Gasteiger charge is -2.29. The Hall–Kier alpha value is -6.12. The van der Waals surface area contributed by atoms with Crippen LogP contribution in [0.2, 0.25) is 0 Å². The third-order valence-electron chi connectivity index (χ3n) is 9.98. The summed E-state index contributed by atoms with van der Waals surface area (Å²) in [5, 5.41) is 5.01. The van der Waals surface area contributed by atoms with Crippen molar-refractivity contribution < 1.29 is 0 Å². The van der Waals surface area contributed by atoms with Crippen molar-refractivity contribution in [3.63, 3.8) is 0 Å². The molecule has 8 aromatic rings. The highest BCUT2D eigenvalue weighted by molar-refractivity contribution is 6.12. The van der Waals surface area contributed by atoms with E-state index in [4.69, 9.17) is 0 Å². The van der Waals surface area contributed by atoms with E-state index >= 15 is 0 Å². The lowest BCUT2D eigenvalue weighted by molar-refractivity contribution is 1.26. The highest BCUT2D eigenvalue weighted by atomic mass is 15.1. The molecule has 50 heavy (non-hydrogen) atoms. The van der Waals surface area contributed by atoms with Gasteiger partial charge in [0.05, 0.1) is 0 Å². The first kappa shape index (κ1) is 30.0. The fraction of sp³-hybridized carbons (Fsp3) is 0.0833. The van der Waals surface area contributed by atoms with Gasteiger partial charge in [-0.3, -0.25) is 0 Å². The van der Waals surface area contributed by atoms with Crippen LogP contribution in [0.4, 0.5) is 34.1 Å². The molecule has 0 saturated carbocycles. The average Bonchev–Trinajstić information content (AvgIpc) is 3.10.